The molecule has 0 amide bonds. The van der Waals surface area contributed by atoms with E-state index in [4.69, 9.17) is 4.74 Å². The average molecular weight is 225 g/mol. The molecule has 16 heavy (non-hydrogen) atoms. The van der Waals surface area contributed by atoms with Crippen LogP contribution in [0.1, 0.15) is 6.42 Å². The topological polar surface area (TPSA) is 59.0 Å². The number of rotatable bonds is 2. The molecule has 0 aromatic rings. The summed E-state index contributed by atoms with van der Waals surface area (Å²) in [6, 6.07) is -0.740. The maximum atomic E-state index is 11.3. The minimum atomic E-state index is -0.740. The van der Waals surface area contributed by atoms with Crippen molar-refractivity contribution in [1.29, 1.82) is 0 Å². The van der Waals surface area contributed by atoms with Crippen molar-refractivity contribution in [3.05, 3.63) is 23.9 Å². The largest absolute Gasteiger partial charge is 0.467 e. The first-order valence-corrected chi connectivity index (χ1v) is 5.25. The third kappa shape index (κ3) is 2.10. The number of hydrogen-bond donors (Lipinski definition) is 1. The van der Waals surface area contributed by atoms with Gasteiger partial charge >= 0.3 is 5.97 Å². The van der Waals surface area contributed by atoms with Gasteiger partial charge in [-0.25, -0.2) is 9.86 Å². The van der Waals surface area contributed by atoms with Gasteiger partial charge in [-0.15, -0.1) is 0 Å². The quantitative estimate of drug-likeness (QED) is 0.701. The van der Waals surface area contributed by atoms with Crippen LogP contribution in [-0.4, -0.2) is 42.6 Å². The zero-order valence-electron chi connectivity index (χ0n) is 9.13. The minimum Gasteiger partial charge on any atom is -0.467 e. The molecule has 0 spiro atoms. The second kappa shape index (κ2) is 4.67. The number of allylic oxidation sites excluding steroid dienone is 1. The van der Waals surface area contributed by atoms with Gasteiger partial charge in [-0.1, -0.05) is 6.08 Å². The fraction of sp³-hybridized carbons (Fsp3) is 0.545. The molecule has 5 nitrogen and oxygen atoms in total. The van der Waals surface area contributed by atoms with E-state index in [1.807, 2.05) is 6.08 Å². The number of carbonyl (C=O) groups is 1. The van der Waals surface area contributed by atoms with E-state index in [1.54, 1.807) is 12.3 Å². The molecule has 88 valence electrons. The number of carbonyl (C=O) groups excluding carboxylic acids is 1. The van der Waals surface area contributed by atoms with Gasteiger partial charge in [0.15, 0.2) is 6.04 Å². The Kier molecular flexibility index (Phi) is 3.26. The number of esters is 1. The van der Waals surface area contributed by atoms with Crippen LogP contribution < -0.4 is 0 Å². The Morgan fingerprint density at radius 3 is 3.06 bits per heavy atom. The van der Waals surface area contributed by atoms with Crippen molar-refractivity contribution in [3.8, 4) is 0 Å². The van der Waals surface area contributed by atoms with E-state index < -0.39 is 12.0 Å². The predicted molar refractivity (Wildman–Crippen MR) is 55.6 cm³/mol. The molecule has 1 N–H and O–H groups in total. The molecule has 0 aromatic heterocycles. The summed E-state index contributed by atoms with van der Waals surface area (Å²) in [4.78, 5) is 11.3. The lowest BCUT2D eigenvalue weighted by molar-refractivity contribution is -0.157. The summed E-state index contributed by atoms with van der Waals surface area (Å²) in [7, 11) is 1.30. The first kappa shape index (κ1) is 11.2. The van der Waals surface area contributed by atoms with Gasteiger partial charge in [-0.05, 0) is 18.1 Å². The minimum absolute atomic E-state index is 0.310. The highest BCUT2D eigenvalue weighted by Crippen LogP contribution is 2.26. The Labute approximate surface area is 93.9 Å². The maximum Gasteiger partial charge on any atom is 0.335 e. The van der Waals surface area contributed by atoms with Gasteiger partial charge in [0.05, 0.1) is 13.7 Å². The third-order valence-corrected chi connectivity index (χ3v) is 2.88. The zero-order chi connectivity index (χ0) is 11.5. The molecule has 2 atom stereocenters. The van der Waals surface area contributed by atoms with Gasteiger partial charge in [-0.3, -0.25) is 5.21 Å². The summed E-state index contributed by atoms with van der Waals surface area (Å²) in [6.45, 7) is 1.43. The highest BCUT2D eigenvalue weighted by Gasteiger charge is 2.27. The Morgan fingerprint density at radius 2 is 2.50 bits per heavy atom. The monoisotopic (exact) mass is 225 g/mol. The first-order chi connectivity index (χ1) is 7.72. The molecule has 0 aliphatic carbocycles. The van der Waals surface area contributed by atoms with Gasteiger partial charge in [0.2, 0.25) is 0 Å². The van der Waals surface area contributed by atoms with E-state index in [2.05, 4.69) is 4.74 Å². The molecule has 1 saturated heterocycles. The van der Waals surface area contributed by atoms with Crippen LogP contribution in [0.4, 0.5) is 0 Å². The van der Waals surface area contributed by atoms with E-state index in [0.717, 1.165) is 23.7 Å². The van der Waals surface area contributed by atoms with Crippen LogP contribution >= 0.6 is 0 Å². The second-order valence-corrected chi connectivity index (χ2v) is 3.90. The van der Waals surface area contributed by atoms with Crippen LogP contribution in [-0.2, 0) is 14.3 Å². The number of hydroxylamine groups is 2. The van der Waals surface area contributed by atoms with Crippen LogP contribution in [0.5, 0.6) is 0 Å². The van der Waals surface area contributed by atoms with Crippen LogP contribution in [0.3, 0.4) is 0 Å². The van der Waals surface area contributed by atoms with E-state index in [-0.39, 0.29) is 0 Å². The summed E-state index contributed by atoms with van der Waals surface area (Å²) in [5.74, 6) is -0.166. The van der Waals surface area contributed by atoms with Crippen LogP contribution in [0, 0.1) is 5.92 Å². The smallest absolute Gasteiger partial charge is 0.335 e. The lowest BCUT2D eigenvalue weighted by Crippen LogP contribution is -2.37. The molecule has 0 saturated carbocycles. The number of nitrogens with zero attached hydrogens (tertiary/aromatic N) is 1. The zero-order valence-corrected chi connectivity index (χ0v) is 9.13. The van der Waals surface area contributed by atoms with Crippen molar-refractivity contribution in [2.24, 2.45) is 5.92 Å². The standard InChI is InChI=1S/C11H15NO4/c1-15-11(13)10-3-2-8(6-12(10)14)9-4-5-16-7-9/h2-3,6,9-10,14H,4-5,7H2,1H3. The predicted octanol–water partition coefficient (Wildman–Crippen LogP) is 0.709. The fourth-order valence-corrected chi connectivity index (χ4v) is 1.91. The Bertz CT molecular complexity index is 331. The SMILES string of the molecule is COC(=O)C1C=CC(C2CCOC2)=CN1O. The van der Waals surface area contributed by atoms with Crippen LogP contribution in [0.25, 0.3) is 0 Å². The van der Waals surface area contributed by atoms with Gasteiger partial charge in [0, 0.05) is 18.7 Å². The summed E-state index contributed by atoms with van der Waals surface area (Å²) >= 11 is 0. The van der Waals surface area contributed by atoms with E-state index in [9.17, 15) is 10.0 Å². The number of ether oxygens (including phenoxy) is 2. The molecule has 1 fully saturated rings. The maximum absolute atomic E-state index is 11.3. The van der Waals surface area contributed by atoms with Crippen molar-refractivity contribution in [3.63, 3.8) is 0 Å². The number of hydrogen-bond acceptors (Lipinski definition) is 5. The molecule has 2 aliphatic heterocycles. The molecule has 0 radical (unpaired) electrons. The van der Waals surface area contributed by atoms with Crippen molar-refractivity contribution < 1.29 is 19.5 Å². The summed E-state index contributed by atoms with van der Waals surface area (Å²) < 4.78 is 9.85. The van der Waals surface area contributed by atoms with Gasteiger partial charge in [0.1, 0.15) is 0 Å². The van der Waals surface area contributed by atoms with Gasteiger partial charge in [-0.2, -0.15) is 0 Å². The molecule has 5 heteroatoms. The highest BCUT2D eigenvalue weighted by molar-refractivity contribution is 5.78. The molecule has 0 aromatic carbocycles. The Hall–Kier alpha value is -1.33. The molecular weight excluding hydrogens is 210 g/mol. The third-order valence-electron chi connectivity index (χ3n) is 2.88. The average Bonchev–Trinajstić information content (AvgIpc) is 2.81. The van der Waals surface area contributed by atoms with E-state index in [1.165, 1.54) is 7.11 Å². The van der Waals surface area contributed by atoms with Gasteiger partial charge in [0.25, 0.3) is 0 Å². The van der Waals surface area contributed by atoms with Crippen LogP contribution in [0.2, 0.25) is 0 Å². The number of methoxy groups -OCH3 is 1. The molecule has 2 unspecified atom stereocenters. The van der Waals surface area contributed by atoms with Crippen LogP contribution in [0.15, 0.2) is 23.9 Å². The summed E-state index contributed by atoms with van der Waals surface area (Å²) in [6.07, 6.45) is 6.01. The molecule has 2 heterocycles. The summed E-state index contributed by atoms with van der Waals surface area (Å²) in [5.41, 5.74) is 0.986. The normalized spacial score (nSPS) is 29.1. The lowest BCUT2D eigenvalue weighted by atomic mass is 9.96. The molecular formula is C11H15NO4. The molecule has 0 bridgehead atoms. The van der Waals surface area contributed by atoms with E-state index >= 15 is 0 Å². The van der Waals surface area contributed by atoms with E-state index in [0.29, 0.717) is 12.5 Å². The van der Waals surface area contributed by atoms with Gasteiger partial charge < -0.3 is 9.47 Å². The lowest BCUT2D eigenvalue weighted by Gasteiger charge is -2.25. The molecule has 2 rings (SSSR count). The second-order valence-electron chi connectivity index (χ2n) is 3.90. The van der Waals surface area contributed by atoms with Crippen molar-refractivity contribution in [2.45, 2.75) is 12.5 Å². The van der Waals surface area contributed by atoms with Crippen molar-refractivity contribution in [2.75, 3.05) is 20.3 Å². The Balaban J connectivity index is 2.05. The first-order valence-electron chi connectivity index (χ1n) is 5.25. The highest BCUT2D eigenvalue weighted by atomic mass is 16.5. The Morgan fingerprint density at radius 1 is 1.69 bits per heavy atom. The van der Waals surface area contributed by atoms with Crippen molar-refractivity contribution in [1.82, 2.24) is 5.06 Å². The van der Waals surface area contributed by atoms with Crippen molar-refractivity contribution >= 4 is 5.97 Å². The molecule has 2 aliphatic rings. The summed E-state index contributed by atoms with van der Waals surface area (Å²) in [5, 5.41) is 10.6. The fourth-order valence-electron chi connectivity index (χ4n) is 1.91.